The van der Waals surface area contributed by atoms with Crippen molar-refractivity contribution in [1.29, 1.82) is 0 Å². The molecule has 0 atom stereocenters. The number of benzene rings is 1. The van der Waals surface area contributed by atoms with Crippen molar-refractivity contribution in [1.82, 2.24) is 9.97 Å². The second kappa shape index (κ2) is 6.16. The van der Waals surface area contributed by atoms with Crippen molar-refractivity contribution in [3.63, 3.8) is 0 Å². The summed E-state index contributed by atoms with van der Waals surface area (Å²) in [5.74, 6) is -1.53. The van der Waals surface area contributed by atoms with Gasteiger partial charge in [0.15, 0.2) is 11.6 Å². The van der Waals surface area contributed by atoms with Crippen LogP contribution >= 0.6 is 11.6 Å². The lowest BCUT2D eigenvalue weighted by Gasteiger charge is -2.11. The molecule has 0 bridgehead atoms. The molecule has 0 saturated heterocycles. The molecule has 0 saturated carbocycles. The maximum atomic E-state index is 13.8. The quantitative estimate of drug-likeness (QED) is 0.834. The van der Waals surface area contributed by atoms with E-state index in [2.05, 4.69) is 9.97 Å². The van der Waals surface area contributed by atoms with Crippen molar-refractivity contribution < 1.29 is 30.7 Å². The third-order valence-electron chi connectivity index (χ3n) is 2.29. The fourth-order valence-electron chi connectivity index (χ4n) is 1.31. The molecule has 0 radical (unpaired) electrons. The van der Waals surface area contributed by atoms with Crippen LogP contribution in [0.4, 0.5) is 23.2 Å². The number of rotatable bonds is 4. The Hall–Kier alpha value is -2.14. The van der Waals surface area contributed by atoms with Crippen molar-refractivity contribution in [3.05, 3.63) is 41.4 Å². The Morgan fingerprint density at radius 1 is 1.17 bits per heavy atom. The number of anilines is 1. The Morgan fingerprint density at radius 3 is 2.30 bits per heavy atom. The number of ether oxygens (including phenoxy) is 1. The molecule has 0 spiro atoms. The predicted molar refractivity (Wildman–Crippen MR) is 72.1 cm³/mol. The Balaban J connectivity index is 2.20. The molecule has 6 nitrogen and oxygen atoms in total. The average molecular weight is 372 g/mol. The third kappa shape index (κ3) is 4.20. The number of aromatic nitrogens is 2. The molecule has 0 amide bonds. The van der Waals surface area contributed by atoms with E-state index in [0.29, 0.717) is 6.07 Å². The van der Waals surface area contributed by atoms with Crippen LogP contribution in [0.3, 0.4) is 0 Å². The maximum Gasteiger partial charge on any atom is 0.516 e. The van der Waals surface area contributed by atoms with Crippen LogP contribution in [0, 0.1) is 5.82 Å². The second-order valence-electron chi connectivity index (χ2n) is 3.98. The van der Waals surface area contributed by atoms with Gasteiger partial charge in [0, 0.05) is 6.07 Å². The average Bonchev–Trinajstić information content (AvgIpc) is 2.42. The smallest absolute Gasteiger partial charge is 0.421 e. The van der Waals surface area contributed by atoms with Crippen molar-refractivity contribution in [2.24, 2.45) is 0 Å². The van der Waals surface area contributed by atoms with E-state index >= 15 is 0 Å². The Morgan fingerprint density at radius 2 is 1.78 bits per heavy atom. The SMILES string of the molecule is O=S(=O)(Nc1ccc(Oc2ncc(Cl)cn2)c(F)c1)C(F)(F)F. The van der Waals surface area contributed by atoms with Gasteiger partial charge in [0.05, 0.1) is 23.1 Å². The Kier molecular flexibility index (Phi) is 4.61. The number of alkyl halides is 3. The van der Waals surface area contributed by atoms with E-state index in [4.69, 9.17) is 16.3 Å². The van der Waals surface area contributed by atoms with E-state index in [1.165, 1.54) is 17.1 Å². The minimum Gasteiger partial charge on any atom is -0.421 e. The molecule has 1 N–H and O–H groups in total. The lowest BCUT2D eigenvalue weighted by atomic mass is 10.3. The van der Waals surface area contributed by atoms with Gasteiger partial charge in [-0.15, -0.1) is 0 Å². The maximum absolute atomic E-state index is 13.8. The van der Waals surface area contributed by atoms with Crippen LogP contribution < -0.4 is 9.46 Å². The number of halogens is 5. The molecule has 2 aromatic rings. The molecule has 23 heavy (non-hydrogen) atoms. The summed E-state index contributed by atoms with van der Waals surface area (Å²) < 4.78 is 78.4. The van der Waals surface area contributed by atoms with E-state index in [9.17, 15) is 26.0 Å². The number of sulfonamides is 1. The molecule has 1 heterocycles. The minimum absolute atomic E-state index is 0.217. The monoisotopic (exact) mass is 371 g/mol. The largest absolute Gasteiger partial charge is 0.516 e. The van der Waals surface area contributed by atoms with Crippen LogP contribution in [0.5, 0.6) is 11.8 Å². The van der Waals surface area contributed by atoms with Gasteiger partial charge in [-0.05, 0) is 12.1 Å². The first-order valence-electron chi connectivity index (χ1n) is 5.62. The second-order valence-corrected chi connectivity index (χ2v) is 6.09. The van der Waals surface area contributed by atoms with Gasteiger partial charge in [-0.1, -0.05) is 11.6 Å². The Labute approximate surface area is 132 Å². The molecule has 0 aliphatic heterocycles. The van der Waals surface area contributed by atoms with Crippen molar-refractivity contribution in [2.75, 3.05) is 4.72 Å². The molecule has 124 valence electrons. The molecule has 0 aliphatic carbocycles. The zero-order chi connectivity index (χ0) is 17.3. The van der Waals surface area contributed by atoms with Crippen molar-refractivity contribution in [3.8, 4) is 11.8 Å². The normalized spacial score (nSPS) is 12.0. The van der Waals surface area contributed by atoms with Gasteiger partial charge in [-0.2, -0.15) is 21.6 Å². The van der Waals surface area contributed by atoms with Crippen LogP contribution in [0.2, 0.25) is 5.02 Å². The molecular weight excluding hydrogens is 366 g/mol. The lowest BCUT2D eigenvalue weighted by Crippen LogP contribution is -2.29. The summed E-state index contributed by atoms with van der Waals surface area (Å²) in [6.07, 6.45) is 2.38. The van der Waals surface area contributed by atoms with Crippen LogP contribution in [0.25, 0.3) is 0 Å². The van der Waals surface area contributed by atoms with E-state index in [1.54, 1.807) is 0 Å². The fourth-order valence-corrected chi connectivity index (χ4v) is 1.96. The number of nitrogens with one attached hydrogen (secondary N) is 1. The van der Waals surface area contributed by atoms with E-state index in [0.717, 1.165) is 12.1 Å². The summed E-state index contributed by atoms with van der Waals surface area (Å²) in [7, 11) is -5.64. The van der Waals surface area contributed by atoms with Crippen molar-refractivity contribution >= 4 is 27.3 Å². The Bertz CT molecular complexity index is 812. The summed E-state index contributed by atoms with van der Waals surface area (Å²) in [5.41, 5.74) is -6.14. The summed E-state index contributed by atoms with van der Waals surface area (Å²) in [5, 5.41) is 0.217. The molecular formula is C11H6ClF4N3O3S. The van der Waals surface area contributed by atoms with Gasteiger partial charge in [-0.3, -0.25) is 4.72 Å². The number of hydrogen-bond acceptors (Lipinski definition) is 5. The first-order chi connectivity index (χ1) is 10.6. The van der Waals surface area contributed by atoms with Gasteiger partial charge >= 0.3 is 21.5 Å². The van der Waals surface area contributed by atoms with E-state index in [1.807, 2.05) is 0 Å². The van der Waals surface area contributed by atoms with Crippen LogP contribution in [-0.2, 0) is 10.0 Å². The summed E-state index contributed by atoms with van der Waals surface area (Å²) >= 11 is 5.55. The third-order valence-corrected chi connectivity index (χ3v) is 3.60. The van der Waals surface area contributed by atoms with Gasteiger partial charge < -0.3 is 4.74 Å². The van der Waals surface area contributed by atoms with Crippen LogP contribution in [-0.4, -0.2) is 23.9 Å². The minimum atomic E-state index is -5.64. The van der Waals surface area contributed by atoms with Gasteiger partial charge in [-0.25, -0.2) is 14.4 Å². The molecule has 12 heteroatoms. The molecule has 0 aliphatic rings. The standard InChI is InChI=1S/C11H6ClF4N3O3S/c12-6-4-17-10(18-5-6)22-9-2-1-7(3-8(9)13)19-23(20,21)11(14,15)16/h1-5,19H. The van der Waals surface area contributed by atoms with E-state index in [-0.39, 0.29) is 11.0 Å². The first kappa shape index (κ1) is 17.2. The predicted octanol–water partition coefficient (Wildman–Crippen LogP) is 3.32. The highest BCUT2D eigenvalue weighted by Crippen LogP contribution is 2.29. The van der Waals surface area contributed by atoms with E-state index < -0.39 is 32.8 Å². The molecule has 0 unspecified atom stereocenters. The summed E-state index contributed by atoms with van der Waals surface area (Å²) in [4.78, 5) is 7.27. The summed E-state index contributed by atoms with van der Waals surface area (Å²) in [6.45, 7) is 0. The molecule has 0 fully saturated rings. The summed E-state index contributed by atoms with van der Waals surface area (Å²) in [6, 6.07) is 2.07. The number of nitrogens with zero attached hydrogens (tertiary/aromatic N) is 2. The highest BCUT2D eigenvalue weighted by atomic mass is 35.5. The van der Waals surface area contributed by atoms with Crippen LogP contribution in [0.1, 0.15) is 0 Å². The topological polar surface area (TPSA) is 81.2 Å². The lowest BCUT2D eigenvalue weighted by molar-refractivity contribution is -0.0429. The van der Waals surface area contributed by atoms with Gasteiger partial charge in [0.2, 0.25) is 0 Å². The first-order valence-corrected chi connectivity index (χ1v) is 7.48. The molecule has 1 aromatic carbocycles. The zero-order valence-corrected chi connectivity index (χ0v) is 12.4. The zero-order valence-electron chi connectivity index (χ0n) is 10.8. The number of hydrogen-bond donors (Lipinski definition) is 1. The molecule has 1 aromatic heterocycles. The fraction of sp³-hybridized carbons (Fsp3) is 0.0909. The molecule has 2 rings (SSSR count). The highest BCUT2D eigenvalue weighted by Gasteiger charge is 2.46. The van der Waals surface area contributed by atoms with Crippen LogP contribution in [0.15, 0.2) is 30.6 Å². The highest BCUT2D eigenvalue weighted by molar-refractivity contribution is 7.93. The van der Waals surface area contributed by atoms with Gasteiger partial charge in [0.25, 0.3) is 0 Å². The van der Waals surface area contributed by atoms with Gasteiger partial charge in [0.1, 0.15) is 0 Å². The van der Waals surface area contributed by atoms with Crippen molar-refractivity contribution in [2.45, 2.75) is 5.51 Å².